The smallest absolute Gasteiger partial charge is 0.369 e. The van der Waals surface area contributed by atoms with Gasteiger partial charge >= 0.3 is 6.18 Å². The average Bonchev–Trinajstić information content (AvgIpc) is 2.99. The van der Waals surface area contributed by atoms with Gasteiger partial charge in [0.15, 0.2) is 11.5 Å². The number of halogens is 3. The Hall–Kier alpha value is -3.61. The van der Waals surface area contributed by atoms with Crippen molar-refractivity contribution in [1.82, 2.24) is 4.90 Å². The molecule has 152 valence electrons. The highest BCUT2D eigenvalue weighted by Gasteiger charge is 2.53. The van der Waals surface area contributed by atoms with E-state index in [1.165, 1.54) is 19.2 Å². The van der Waals surface area contributed by atoms with Crippen LogP contribution in [-0.2, 0) is 16.5 Å². The summed E-state index contributed by atoms with van der Waals surface area (Å²) in [5.74, 6) is -0.774. The molecule has 1 amide bonds. The first kappa shape index (κ1) is 19.7. The molecule has 3 aromatic rings. The number of hydrogen-bond acceptors (Lipinski definition) is 3. The third kappa shape index (κ3) is 3.03. The number of carbonyl (C=O) groups excluding carboxylic acids is 1. The van der Waals surface area contributed by atoms with E-state index in [4.69, 9.17) is 5.73 Å². The maximum Gasteiger partial charge on any atom is 0.416 e. The number of likely N-dealkylation sites (N-methyl/N-ethyl adjacent to an activating group) is 1. The molecule has 1 aliphatic rings. The van der Waals surface area contributed by atoms with E-state index >= 15 is 0 Å². The normalized spacial score (nSPS) is 19.1. The van der Waals surface area contributed by atoms with Crippen LogP contribution in [0.15, 0.2) is 83.9 Å². The van der Waals surface area contributed by atoms with Gasteiger partial charge in [0.1, 0.15) is 0 Å². The lowest BCUT2D eigenvalue weighted by molar-refractivity contribution is -0.139. The molecule has 3 aromatic carbocycles. The van der Waals surface area contributed by atoms with Crippen LogP contribution in [0.1, 0.15) is 16.7 Å². The number of alkyl halides is 3. The maximum atomic E-state index is 14.0. The highest BCUT2D eigenvalue weighted by atomic mass is 19.4. The zero-order valence-electron chi connectivity index (χ0n) is 16.0. The third-order valence-corrected chi connectivity index (χ3v) is 5.25. The SMILES string of the molecule is CN1C(=O)C(c2ccccc2)(c2cc(-c3ccccc3)ccc2C(F)(F)F)N=C1N. The van der Waals surface area contributed by atoms with Gasteiger partial charge in [0.2, 0.25) is 0 Å². The second-order valence-electron chi connectivity index (χ2n) is 7.03. The van der Waals surface area contributed by atoms with Crippen LogP contribution in [0.5, 0.6) is 0 Å². The first-order valence-electron chi connectivity index (χ1n) is 9.21. The number of carbonyl (C=O) groups is 1. The molecule has 7 heteroatoms. The summed E-state index contributed by atoms with van der Waals surface area (Å²) in [6.07, 6.45) is -4.68. The molecule has 1 aliphatic heterocycles. The van der Waals surface area contributed by atoms with Gasteiger partial charge in [-0.3, -0.25) is 9.69 Å². The first-order chi connectivity index (χ1) is 14.2. The van der Waals surface area contributed by atoms with Gasteiger partial charge in [-0.2, -0.15) is 13.2 Å². The highest BCUT2D eigenvalue weighted by Crippen LogP contribution is 2.46. The van der Waals surface area contributed by atoms with Crippen LogP contribution >= 0.6 is 0 Å². The lowest BCUT2D eigenvalue weighted by Gasteiger charge is -2.29. The van der Waals surface area contributed by atoms with E-state index in [1.807, 2.05) is 6.07 Å². The minimum Gasteiger partial charge on any atom is -0.369 e. The molecule has 4 nitrogen and oxygen atoms in total. The molecule has 1 atom stereocenters. The topological polar surface area (TPSA) is 58.7 Å². The minimum atomic E-state index is -4.68. The third-order valence-electron chi connectivity index (χ3n) is 5.25. The van der Waals surface area contributed by atoms with Crippen molar-refractivity contribution in [2.45, 2.75) is 11.7 Å². The Labute approximate surface area is 171 Å². The molecule has 1 unspecified atom stereocenters. The van der Waals surface area contributed by atoms with E-state index in [-0.39, 0.29) is 11.5 Å². The Morgan fingerprint density at radius 2 is 1.50 bits per heavy atom. The van der Waals surface area contributed by atoms with Gasteiger partial charge in [-0.15, -0.1) is 0 Å². The number of guanidine groups is 1. The fourth-order valence-corrected chi connectivity index (χ4v) is 3.74. The van der Waals surface area contributed by atoms with E-state index in [0.717, 1.165) is 16.5 Å². The van der Waals surface area contributed by atoms with Crippen LogP contribution < -0.4 is 5.73 Å². The number of amides is 1. The highest BCUT2D eigenvalue weighted by molar-refractivity contribution is 6.09. The maximum absolute atomic E-state index is 14.0. The molecule has 0 aliphatic carbocycles. The Bertz CT molecular complexity index is 1130. The lowest BCUT2D eigenvalue weighted by Crippen LogP contribution is -2.42. The van der Waals surface area contributed by atoms with Gasteiger partial charge in [-0.25, -0.2) is 4.99 Å². The number of hydrogen-bond donors (Lipinski definition) is 1. The first-order valence-corrected chi connectivity index (χ1v) is 9.21. The summed E-state index contributed by atoms with van der Waals surface area (Å²) in [7, 11) is 1.40. The summed E-state index contributed by atoms with van der Waals surface area (Å²) < 4.78 is 42.1. The number of nitrogens with zero attached hydrogens (tertiary/aromatic N) is 2. The summed E-state index contributed by atoms with van der Waals surface area (Å²) in [5.41, 5.74) is 4.40. The molecular weight excluding hydrogens is 391 g/mol. The molecule has 2 N–H and O–H groups in total. The molecule has 30 heavy (non-hydrogen) atoms. The summed E-state index contributed by atoms with van der Waals surface area (Å²) >= 11 is 0. The van der Waals surface area contributed by atoms with E-state index < -0.39 is 23.2 Å². The monoisotopic (exact) mass is 409 g/mol. The minimum absolute atomic E-state index is 0.137. The van der Waals surface area contributed by atoms with Crippen molar-refractivity contribution in [3.8, 4) is 11.1 Å². The largest absolute Gasteiger partial charge is 0.416 e. The van der Waals surface area contributed by atoms with Gasteiger partial charge in [0.05, 0.1) is 5.56 Å². The van der Waals surface area contributed by atoms with Gasteiger partial charge in [-0.1, -0.05) is 66.7 Å². The van der Waals surface area contributed by atoms with Crippen LogP contribution in [-0.4, -0.2) is 23.8 Å². The molecule has 0 spiro atoms. The zero-order chi connectivity index (χ0) is 21.5. The number of rotatable bonds is 3. The Morgan fingerprint density at radius 1 is 0.900 bits per heavy atom. The molecule has 0 fully saturated rings. The van der Waals surface area contributed by atoms with Gasteiger partial charge < -0.3 is 5.73 Å². The predicted molar refractivity (Wildman–Crippen MR) is 108 cm³/mol. The van der Waals surface area contributed by atoms with Crippen molar-refractivity contribution in [3.05, 3.63) is 95.6 Å². The van der Waals surface area contributed by atoms with Crippen molar-refractivity contribution >= 4 is 11.9 Å². The zero-order valence-corrected chi connectivity index (χ0v) is 16.0. The molecule has 0 aromatic heterocycles. The van der Waals surface area contributed by atoms with Crippen molar-refractivity contribution in [2.75, 3.05) is 7.05 Å². The van der Waals surface area contributed by atoms with Gasteiger partial charge in [-0.05, 0) is 28.8 Å². The van der Waals surface area contributed by atoms with E-state index in [9.17, 15) is 18.0 Å². The molecular formula is C23H18F3N3O. The molecule has 0 radical (unpaired) electrons. The predicted octanol–water partition coefficient (Wildman–Crippen LogP) is 4.40. The van der Waals surface area contributed by atoms with E-state index in [2.05, 4.69) is 4.99 Å². The lowest BCUT2D eigenvalue weighted by atomic mass is 9.79. The van der Waals surface area contributed by atoms with Gasteiger partial charge in [0.25, 0.3) is 5.91 Å². The molecule has 0 saturated heterocycles. The number of benzene rings is 3. The van der Waals surface area contributed by atoms with Crippen molar-refractivity contribution in [3.63, 3.8) is 0 Å². The van der Waals surface area contributed by atoms with Gasteiger partial charge in [0, 0.05) is 12.6 Å². The fraction of sp³-hybridized carbons (Fsp3) is 0.130. The molecule has 0 bridgehead atoms. The van der Waals surface area contributed by atoms with Crippen LogP contribution in [0.25, 0.3) is 11.1 Å². The van der Waals surface area contributed by atoms with E-state index in [1.54, 1.807) is 54.6 Å². The Kier molecular flexibility index (Phi) is 4.61. The van der Waals surface area contributed by atoms with Crippen molar-refractivity contribution < 1.29 is 18.0 Å². The molecule has 0 saturated carbocycles. The van der Waals surface area contributed by atoms with E-state index in [0.29, 0.717) is 11.1 Å². The van der Waals surface area contributed by atoms with Crippen molar-refractivity contribution in [1.29, 1.82) is 0 Å². The second kappa shape index (κ2) is 7.02. The summed E-state index contributed by atoms with van der Waals surface area (Å²) in [5, 5.41) is 0. The standard InChI is InChI=1S/C23H18F3N3O/c1-29-20(30)22(28-21(29)27,17-10-6-3-7-11-17)19-14-16(15-8-4-2-5-9-15)12-13-18(19)23(24,25)26/h2-14H,1H3,(H2,27,28). The van der Waals surface area contributed by atoms with Crippen LogP contribution in [0.3, 0.4) is 0 Å². The van der Waals surface area contributed by atoms with Crippen LogP contribution in [0.4, 0.5) is 13.2 Å². The number of aliphatic imine (C=N–C) groups is 1. The van der Waals surface area contributed by atoms with Crippen molar-refractivity contribution in [2.24, 2.45) is 10.7 Å². The Morgan fingerprint density at radius 3 is 2.03 bits per heavy atom. The summed E-state index contributed by atoms with van der Waals surface area (Å²) in [6, 6.07) is 21.0. The van der Waals surface area contributed by atoms with Crippen LogP contribution in [0, 0.1) is 0 Å². The average molecular weight is 409 g/mol. The fourth-order valence-electron chi connectivity index (χ4n) is 3.74. The molecule has 1 heterocycles. The summed E-state index contributed by atoms with van der Waals surface area (Å²) in [4.78, 5) is 18.7. The molecule has 4 rings (SSSR count). The Balaban J connectivity index is 2.07. The quantitative estimate of drug-likeness (QED) is 0.697. The summed E-state index contributed by atoms with van der Waals surface area (Å²) in [6.45, 7) is 0. The van der Waals surface area contributed by atoms with Crippen LogP contribution in [0.2, 0.25) is 0 Å². The number of nitrogens with two attached hydrogens (primary N) is 1. The second-order valence-corrected chi connectivity index (χ2v) is 7.03.